The molecule has 0 fully saturated rings. The van der Waals surface area contributed by atoms with Crippen molar-refractivity contribution >= 4 is 22.6 Å². The Balaban J connectivity index is 1.28. The molecule has 5 rings (SSSR count). The van der Waals surface area contributed by atoms with Crippen LogP contribution in [-0.4, -0.2) is 42.7 Å². The Morgan fingerprint density at radius 2 is 2.11 bits per heavy atom. The third-order valence-corrected chi connectivity index (χ3v) is 5.66. The van der Waals surface area contributed by atoms with Crippen LogP contribution < -0.4 is 9.47 Å². The maximum atomic E-state index is 6.23. The first kappa shape index (κ1) is 17.1. The number of hydrogen-bond acceptors (Lipinski definition) is 3. The number of para-hydroxylation sites is 2. The molecule has 3 aromatic rings. The first-order valence-corrected chi connectivity index (χ1v) is 9.81. The van der Waals surface area contributed by atoms with E-state index >= 15 is 0 Å². The van der Waals surface area contributed by atoms with E-state index in [2.05, 4.69) is 64.6 Å². The molecule has 1 N–H and O–H groups in total. The van der Waals surface area contributed by atoms with Crippen LogP contribution in [0.2, 0.25) is 0 Å². The van der Waals surface area contributed by atoms with Gasteiger partial charge in [0.1, 0.15) is 6.10 Å². The van der Waals surface area contributed by atoms with E-state index in [1.165, 1.54) is 22.0 Å². The third kappa shape index (κ3) is 3.10. The summed E-state index contributed by atoms with van der Waals surface area (Å²) in [5.41, 5.74) is 5.05. The molecule has 142 valence electrons. The van der Waals surface area contributed by atoms with E-state index in [1.54, 1.807) is 7.11 Å². The average molecular weight is 372 g/mol. The van der Waals surface area contributed by atoms with Crippen LogP contribution >= 0.6 is 0 Å². The van der Waals surface area contributed by atoms with Crippen molar-refractivity contribution in [3.8, 4) is 11.5 Å². The Hall–Kier alpha value is -2.98. The zero-order chi connectivity index (χ0) is 18.9. The van der Waals surface area contributed by atoms with Crippen molar-refractivity contribution in [2.24, 2.45) is 0 Å². The predicted molar refractivity (Wildman–Crippen MR) is 114 cm³/mol. The first-order chi connectivity index (χ1) is 13.8. The van der Waals surface area contributed by atoms with Crippen molar-refractivity contribution < 1.29 is 9.47 Å². The molecule has 2 aliphatic rings. The maximum Gasteiger partial charge on any atom is 0.169 e. The molecule has 1 atom stereocenters. The number of nitrogens with one attached hydrogen (secondary N) is 1. The lowest BCUT2D eigenvalue weighted by Gasteiger charge is -2.31. The smallest absolute Gasteiger partial charge is 0.169 e. The number of methoxy groups -OCH3 is 1. The maximum absolute atomic E-state index is 6.23. The van der Waals surface area contributed by atoms with Crippen molar-refractivity contribution in [2.75, 3.05) is 26.7 Å². The molecule has 4 nitrogen and oxygen atoms in total. The van der Waals surface area contributed by atoms with Gasteiger partial charge in [0.25, 0.3) is 0 Å². The van der Waals surface area contributed by atoms with Gasteiger partial charge < -0.3 is 14.5 Å². The predicted octanol–water partition coefficient (Wildman–Crippen LogP) is 4.74. The van der Waals surface area contributed by atoms with Crippen LogP contribution in [0.3, 0.4) is 0 Å². The Morgan fingerprint density at radius 1 is 1.18 bits per heavy atom. The van der Waals surface area contributed by atoms with Gasteiger partial charge in [0.2, 0.25) is 0 Å². The Morgan fingerprint density at radius 3 is 2.96 bits per heavy atom. The number of nitrogens with zero attached hydrogens (tertiary/aromatic N) is 1. The van der Waals surface area contributed by atoms with Crippen LogP contribution in [0.25, 0.3) is 22.6 Å². The van der Waals surface area contributed by atoms with Crippen molar-refractivity contribution in [3.63, 3.8) is 0 Å². The average Bonchev–Trinajstić information content (AvgIpc) is 3.18. The Bertz CT molecular complexity index is 1060. The van der Waals surface area contributed by atoms with Crippen LogP contribution in [0.4, 0.5) is 0 Å². The molecule has 0 radical (unpaired) electrons. The minimum Gasteiger partial charge on any atom is -0.493 e. The number of aromatic amines is 1. The SMILES string of the molecule is COc1cccc2c1OC(CN1CC=C(c3c[nH]c4ccccc34)CC1)C=C2. The minimum absolute atomic E-state index is 0.0480. The molecule has 4 heteroatoms. The highest BCUT2D eigenvalue weighted by atomic mass is 16.5. The van der Waals surface area contributed by atoms with Gasteiger partial charge in [-0.2, -0.15) is 0 Å². The van der Waals surface area contributed by atoms with Gasteiger partial charge in [-0.15, -0.1) is 0 Å². The third-order valence-electron chi connectivity index (χ3n) is 5.66. The Labute approximate surface area is 165 Å². The highest BCUT2D eigenvalue weighted by Crippen LogP contribution is 2.36. The molecule has 0 spiro atoms. The molecule has 28 heavy (non-hydrogen) atoms. The van der Waals surface area contributed by atoms with Crippen molar-refractivity contribution in [1.29, 1.82) is 0 Å². The first-order valence-electron chi connectivity index (χ1n) is 9.81. The molecule has 0 aliphatic carbocycles. The molecular formula is C24H24N2O2. The molecule has 1 aromatic heterocycles. The summed E-state index contributed by atoms with van der Waals surface area (Å²) in [6, 6.07) is 14.5. The van der Waals surface area contributed by atoms with Crippen LogP contribution in [0, 0.1) is 0 Å². The fourth-order valence-electron chi connectivity index (χ4n) is 4.16. The van der Waals surface area contributed by atoms with Gasteiger partial charge in [-0.3, -0.25) is 4.90 Å². The molecule has 0 saturated carbocycles. The number of ether oxygens (including phenoxy) is 2. The lowest BCUT2D eigenvalue weighted by Crippen LogP contribution is -2.37. The lowest BCUT2D eigenvalue weighted by molar-refractivity contribution is 0.166. The van der Waals surface area contributed by atoms with Gasteiger partial charge in [0, 0.05) is 47.9 Å². The van der Waals surface area contributed by atoms with Gasteiger partial charge in [-0.25, -0.2) is 0 Å². The van der Waals surface area contributed by atoms with E-state index in [-0.39, 0.29) is 6.10 Å². The van der Waals surface area contributed by atoms with Crippen molar-refractivity contribution in [2.45, 2.75) is 12.5 Å². The van der Waals surface area contributed by atoms with E-state index in [0.29, 0.717) is 0 Å². The summed E-state index contributed by atoms with van der Waals surface area (Å²) in [4.78, 5) is 5.84. The number of fused-ring (bicyclic) bond motifs is 2. The summed E-state index contributed by atoms with van der Waals surface area (Å²) < 4.78 is 11.7. The normalized spacial score (nSPS) is 19.2. The second-order valence-electron chi connectivity index (χ2n) is 7.38. The van der Waals surface area contributed by atoms with E-state index in [9.17, 15) is 0 Å². The summed E-state index contributed by atoms with van der Waals surface area (Å²) >= 11 is 0. The largest absolute Gasteiger partial charge is 0.493 e. The highest BCUT2D eigenvalue weighted by Gasteiger charge is 2.22. The van der Waals surface area contributed by atoms with Gasteiger partial charge in [-0.05, 0) is 30.2 Å². The molecule has 3 heterocycles. The van der Waals surface area contributed by atoms with Crippen LogP contribution in [-0.2, 0) is 0 Å². The highest BCUT2D eigenvalue weighted by molar-refractivity contribution is 5.92. The zero-order valence-electron chi connectivity index (χ0n) is 16.0. The van der Waals surface area contributed by atoms with Gasteiger partial charge in [-0.1, -0.05) is 42.5 Å². The summed E-state index contributed by atoms with van der Waals surface area (Å²) in [7, 11) is 1.69. The summed E-state index contributed by atoms with van der Waals surface area (Å²) in [6.07, 6.45) is 9.90. The number of hydrogen-bond donors (Lipinski definition) is 1. The van der Waals surface area contributed by atoms with E-state index < -0.39 is 0 Å². The quantitative estimate of drug-likeness (QED) is 0.719. The zero-order valence-corrected chi connectivity index (χ0v) is 16.0. The fraction of sp³-hybridized carbons (Fsp3) is 0.250. The van der Waals surface area contributed by atoms with Crippen molar-refractivity contribution in [1.82, 2.24) is 9.88 Å². The monoisotopic (exact) mass is 372 g/mol. The summed E-state index contributed by atoms with van der Waals surface area (Å²) in [6.45, 7) is 2.87. The second kappa shape index (κ2) is 7.21. The molecular weight excluding hydrogens is 348 g/mol. The molecule has 1 unspecified atom stereocenters. The molecule has 0 bridgehead atoms. The van der Waals surface area contributed by atoms with E-state index in [1.807, 2.05) is 12.1 Å². The van der Waals surface area contributed by atoms with E-state index in [0.717, 1.165) is 43.1 Å². The van der Waals surface area contributed by atoms with Gasteiger partial charge in [0.05, 0.1) is 7.11 Å². The van der Waals surface area contributed by atoms with Gasteiger partial charge >= 0.3 is 0 Å². The van der Waals surface area contributed by atoms with Crippen LogP contribution in [0.15, 0.2) is 60.8 Å². The standard InChI is InChI=1S/C24H24N2O2/c1-27-23-8-4-5-18-9-10-19(28-24(18)23)16-26-13-11-17(12-14-26)21-15-25-22-7-3-2-6-20(21)22/h2-11,15,19,25H,12-14,16H2,1H3. The molecule has 0 saturated heterocycles. The topological polar surface area (TPSA) is 37.5 Å². The number of H-pyrrole nitrogens is 1. The van der Waals surface area contributed by atoms with Gasteiger partial charge in [0.15, 0.2) is 11.5 Å². The fourth-order valence-corrected chi connectivity index (χ4v) is 4.16. The number of rotatable bonds is 4. The molecule has 2 aliphatic heterocycles. The van der Waals surface area contributed by atoms with E-state index in [4.69, 9.17) is 9.47 Å². The lowest BCUT2D eigenvalue weighted by atomic mass is 9.98. The Kier molecular flexibility index (Phi) is 4.41. The summed E-state index contributed by atoms with van der Waals surface area (Å²) in [5, 5.41) is 1.31. The summed E-state index contributed by atoms with van der Waals surface area (Å²) in [5.74, 6) is 1.65. The second-order valence-corrected chi connectivity index (χ2v) is 7.38. The van der Waals surface area contributed by atoms with Crippen molar-refractivity contribution in [3.05, 3.63) is 71.9 Å². The van der Waals surface area contributed by atoms with Crippen LogP contribution in [0.1, 0.15) is 17.5 Å². The van der Waals surface area contributed by atoms with Crippen LogP contribution in [0.5, 0.6) is 11.5 Å². The number of benzene rings is 2. The minimum atomic E-state index is 0.0480. The number of aromatic nitrogens is 1. The molecule has 2 aromatic carbocycles. The molecule has 0 amide bonds.